The smallest absolute Gasteiger partial charge is 0.163 e. The van der Waals surface area contributed by atoms with Gasteiger partial charge in [-0.15, -0.1) is 0 Å². The highest BCUT2D eigenvalue weighted by molar-refractivity contribution is 5.96. The van der Waals surface area contributed by atoms with Gasteiger partial charge in [0.1, 0.15) is 5.76 Å². The van der Waals surface area contributed by atoms with Crippen molar-refractivity contribution in [2.75, 3.05) is 0 Å². The van der Waals surface area contributed by atoms with Crippen molar-refractivity contribution in [1.29, 1.82) is 0 Å². The van der Waals surface area contributed by atoms with Crippen molar-refractivity contribution in [1.82, 2.24) is 0 Å². The minimum Gasteiger partial charge on any atom is -0.469 e. The van der Waals surface area contributed by atoms with Crippen LogP contribution in [-0.4, -0.2) is 5.78 Å². The van der Waals surface area contributed by atoms with Gasteiger partial charge < -0.3 is 4.42 Å². The SMILES string of the molecule is CCc1ccc(C(=O)CCc2ccco2)cc1. The van der Waals surface area contributed by atoms with E-state index in [9.17, 15) is 4.79 Å². The van der Waals surface area contributed by atoms with Gasteiger partial charge in [-0.2, -0.15) is 0 Å². The van der Waals surface area contributed by atoms with E-state index in [-0.39, 0.29) is 5.78 Å². The molecule has 0 fully saturated rings. The van der Waals surface area contributed by atoms with Crippen LogP contribution in [0.3, 0.4) is 0 Å². The molecule has 0 aliphatic carbocycles. The van der Waals surface area contributed by atoms with Crippen molar-refractivity contribution in [3.05, 3.63) is 59.5 Å². The standard InChI is InChI=1S/C15H16O2/c1-2-12-5-7-13(8-6-12)15(16)10-9-14-4-3-11-17-14/h3-8,11H,2,9-10H2,1H3. The van der Waals surface area contributed by atoms with Crippen molar-refractivity contribution in [2.45, 2.75) is 26.2 Å². The van der Waals surface area contributed by atoms with Gasteiger partial charge in [0.25, 0.3) is 0 Å². The fraction of sp³-hybridized carbons (Fsp3) is 0.267. The van der Waals surface area contributed by atoms with E-state index < -0.39 is 0 Å². The maximum absolute atomic E-state index is 11.9. The van der Waals surface area contributed by atoms with Crippen LogP contribution >= 0.6 is 0 Å². The average molecular weight is 228 g/mol. The lowest BCUT2D eigenvalue weighted by molar-refractivity contribution is 0.0981. The number of hydrogen-bond acceptors (Lipinski definition) is 2. The molecule has 2 nitrogen and oxygen atoms in total. The predicted octanol–water partition coefficient (Wildman–Crippen LogP) is 3.66. The van der Waals surface area contributed by atoms with Gasteiger partial charge in [-0.3, -0.25) is 4.79 Å². The topological polar surface area (TPSA) is 30.2 Å². The van der Waals surface area contributed by atoms with Crippen LogP contribution < -0.4 is 0 Å². The first-order valence-corrected chi connectivity index (χ1v) is 5.94. The number of ketones is 1. The molecule has 88 valence electrons. The lowest BCUT2D eigenvalue weighted by Gasteiger charge is -2.01. The molecule has 0 aliphatic heterocycles. The fourth-order valence-electron chi connectivity index (χ4n) is 1.76. The van der Waals surface area contributed by atoms with Gasteiger partial charge >= 0.3 is 0 Å². The first-order valence-electron chi connectivity index (χ1n) is 5.94. The first-order chi connectivity index (χ1) is 8.29. The summed E-state index contributed by atoms with van der Waals surface area (Å²) in [6, 6.07) is 11.6. The average Bonchev–Trinajstić information content (AvgIpc) is 2.89. The summed E-state index contributed by atoms with van der Waals surface area (Å²) in [6.45, 7) is 2.10. The van der Waals surface area contributed by atoms with E-state index in [1.165, 1.54) is 5.56 Å². The number of Topliss-reactive ketones (excluding diaryl/α,β-unsaturated/α-hetero) is 1. The third kappa shape index (κ3) is 3.06. The maximum atomic E-state index is 11.9. The summed E-state index contributed by atoms with van der Waals surface area (Å²) in [5.74, 6) is 1.03. The predicted molar refractivity (Wildman–Crippen MR) is 67.2 cm³/mol. The normalized spacial score (nSPS) is 10.4. The van der Waals surface area contributed by atoms with Gasteiger partial charge in [0, 0.05) is 18.4 Å². The van der Waals surface area contributed by atoms with Gasteiger partial charge in [0.05, 0.1) is 6.26 Å². The van der Waals surface area contributed by atoms with Crippen LogP contribution in [-0.2, 0) is 12.8 Å². The third-order valence-corrected chi connectivity index (χ3v) is 2.86. The molecule has 0 saturated carbocycles. The van der Waals surface area contributed by atoms with Gasteiger partial charge in [-0.05, 0) is 24.1 Å². The molecule has 0 N–H and O–H groups in total. The minimum absolute atomic E-state index is 0.170. The molecule has 2 rings (SSSR count). The summed E-state index contributed by atoms with van der Waals surface area (Å²) in [5, 5.41) is 0. The van der Waals surface area contributed by atoms with Crippen molar-refractivity contribution in [2.24, 2.45) is 0 Å². The number of furan rings is 1. The lowest BCUT2D eigenvalue weighted by Crippen LogP contribution is -2.00. The zero-order valence-electron chi connectivity index (χ0n) is 9.98. The van der Waals surface area contributed by atoms with Crippen LogP contribution in [0.1, 0.15) is 35.0 Å². The van der Waals surface area contributed by atoms with E-state index in [0.717, 1.165) is 17.7 Å². The summed E-state index contributed by atoms with van der Waals surface area (Å²) in [4.78, 5) is 11.9. The van der Waals surface area contributed by atoms with Gasteiger partial charge in [0.15, 0.2) is 5.78 Å². The monoisotopic (exact) mass is 228 g/mol. The van der Waals surface area contributed by atoms with E-state index in [2.05, 4.69) is 6.92 Å². The number of benzene rings is 1. The Morgan fingerprint density at radius 2 is 1.94 bits per heavy atom. The summed E-state index contributed by atoms with van der Waals surface area (Å²) in [5.41, 5.74) is 2.04. The van der Waals surface area contributed by atoms with E-state index >= 15 is 0 Å². The summed E-state index contributed by atoms with van der Waals surface area (Å²) in [7, 11) is 0. The summed E-state index contributed by atoms with van der Waals surface area (Å²) < 4.78 is 5.20. The second-order valence-electron chi connectivity index (χ2n) is 4.05. The van der Waals surface area contributed by atoms with Crippen LogP contribution in [0.25, 0.3) is 0 Å². The minimum atomic E-state index is 0.170. The second-order valence-corrected chi connectivity index (χ2v) is 4.05. The maximum Gasteiger partial charge on any atom is 0.163 e. The van der Waals surface area contributed by atoms with Crippen LogP contribution in [0.4, 0.5) is 0 Å². The Hall–Kier alpha value is -1.83. The van der Waals surface area contributed by atoms with Crippen LogP contribution in [0.15, 0.2) is 47.1 Å². The van der Waals surface area contributed by atoms with Crippen molar-refractivity contribution < 1.29 is 9.21 Å². The zero-order valence-corrected chi connectivity index (χ0v) is 9.98. The lowest BCUT2D eigenvalue weighted by atomic mass is 10.0. The molecule has 0 unspecified atom stereocenters. The van der Waals surface area contributed by atoms with E-state index in [1.807, 2.05) is 36.4 Å². The Morgan fingerprint density at radius 3 is 2.53 bits per heavy atom. The molecule has 0 aliphatic rings. The van der Waals surface area contributed by atoms with Crippen LogP contribution in [0.2, 0.25) is 0 Å². The molecule has 0 saturated heterocycles. The molecule has 0 bridgehead atoms. The quantitative estimate of drug-likeness (QED) is 0.731. The number of aryl methyl sites for hydroxylation is 2. The number of rotatable bonds is 5. The van der Waals surface area contributed by atoms with E-state index in [0.29, 0.717) is 12.8 Å². The number of carbonyl (C=O) groups excluding carboxylic acids is 1. The first kappa shape index (κ1) is 11.6. The second kappa shape index (κ2) is 5.48. The molecule has 2 aromatic rings. The Labute approximate surface area is 101 Å². The van der Waals surface area contributed by atoms with E-state index in [4.69, 9.17) is 4.42 Å². The Bertz CT molecular complexity index is 466. The zero-order chi connectivity index (χ0) is 12.1. The number of hydrogen-bond donors (Lipinski definition) is 0. The molecule has 0 spiro atoms. The van der Waals surface area contributed by atoms with Crippen molar-refractivity contribution >= 4 is 5.78 Å². The summed E-state index contributed by atoms with van der Waals surface area (Å²) >= 11 is 0. The molecular formula is C15H16O2. The molecule has 1 aromatic carbocycles. The van der Waals surface area contributed by atoms with E-state index in [1.54, 1.807) is 6.26 Å². The molecule has 0 radical (unpaired) electrons. The highest BCUT2D eigenvalue weighted by atomic mass is 16.3. The van der Waals surface area contributed by atoms with Crippen LogP contribution in [0.5, 0.6) is 0 Å². The number of carbonyl (C=O) groups is 1. The molecule has 0 amide bonds. The van der Waals surface area contributed by atoms with Gasteiger partial charge in [-0.25, -0.2) is 0 Å². The van der Waals surface area contributed by atoms with Crippen LogP contribution in [0, 0.1) is 0 Å². The Balaban J connectivity index is 1.95. The Kier molecular flexibility index (Phi) is 3.76. The van der Waals surface area contributed by atoms with Crippen molar-refractivity contribution in [3.8, 4) is 0 Å². The molecule has 1 aromatic heterocycles. The highest BCUT2D eigenvalue weighted by Gasteiger charge is 2.06. The highest BCUT2D eigenvalue weighted by Crippen LogP contribution is 2.10. The largest absolute Gasteiger partial charge is 0.469 e. The molecule has 2 heteroatoms. The molecule has 0 atom stereocenters. The Morgan fingerprint density at radius 1 is 1.18 bits per heavy atom. The molecule has 1 heterocycles. The fourth-order valence-corrected chi connectivity index (χ4v) is 1.76. The van der Waals surface area contributed by atoms with Gasteiger partial charge in [0.2, 0.25) is 0 Å². The molecule has 17 heavy (non-hydrogen) atoms. The van der Waals surface area contributed by atoms with Gasteiger partial charge in [-0.1, -0.05) is 31.2 Å². The molecular weight excluding hydrogens is 212 g/mol. The van der Waals surface area contributed by atoms with Crippen molar-refractivity contribution in [3.63, 3.8) is 0 Å². The summed E-state index contributed by atoms with van der Waals surface area (Å²) in [6.07, 6.45) is 3.80. The third-order valence-electron chi connectivity index (χ3n) is 2.86.